The number of nitrogens with zero attached hydrogens (tertiary/aromatic N) is 2. The zero-order valence-electron chi connectivity index (χ0n) is 16.4. The van der Waals surface area contributed by atoms with Crippen LogP contribution in [-0.2, 0) is 16.1 Å². The first-order chi connectivity index (χ1) is 14.8. The fraction of sp³-hybridized carbons (Fsp3) is 0.200. The van der Waals surface area contributed by atoms with E-state index in [1.165, 1.54) is 24.1 Å². The second kappa shape index (κ2) is 10.2. The smallest absolute Gasteiger partial charge is 0.413 e. The third-order valence-corrected chi connectivity index (χ3v) is 5.49. The number of amides is 2. The number of hydrogen-bond donors (Lipinski definition) is 3. The van der Waals surface area contributed by atoms with E-state index in [2.05, 4.69) is 15.7 Å². The van der Waals surface area contributed by atoms with Crippen molar-refractivity contribution < 1.29 is 24.2 Å². The van der Waals surface area contributed by atoms with E-state index >= 15 is 0 Å². The molecule has 3 rings (SSSR count). The van der Waals surface area contributed by atoms with Crippen molar-refractivity contribution in [2.75, 3.05) is 18.5 Å². The van der Waals surface area contributed by atoms with Gasteiger partial charge < -0.3 is 9.84 Å². The van der Waals surface area contributed by atoms with Crippen molar-refractivity contribution in [3.05, 3.63) is 58.6 Å². The molecule has 0 aliphatic heterocycles. The lowest BCUT2D eigenvalue weighted by atomic mass is 10.2. The van der Waals surface area contributed by atoms with Gasteiger partial charge in [0, 0.05) is 18.5 Å². The molecule has 31 heavy (non-hydrogen) atoms. The molecule has 0 saturated heterocycles. The van der Waals surface area contributed by atoms with Gasteiger partial charge in [-0.2, -0.15) is 0 Å². The van der Waals surface area contributed by atoms with Gasteiger partial charge in [-0.1, -0.05) is 41.1 Å². The molecule has 0 spiro atoms. The second-order valence-electron chi connectivity index (χ2n) is 6.36. The Kier molecular flexibility index (Phi) is 7.40. The average molecular weight is 463 g/mol. The molecule has 3 N–H and O–H groups in total. The summed E-state index contributed by atoms with van der Waals surface area (Å²) in [6, 6.07) is 11.8. The number of aromatic nitrogens is 1. The van der Waals surface area contributed by atoms with E-state index in [0.29, 0.717) is 21.8 Å². The molecule has 1 heterocycles. The molecule has 3 aromatic rings. The molecule has 0 radical (unpaired) electrons. The van der Waals surface area contributed by atoms with Crippen LogP contribution in [-0.4, -0.2) is 46.2 Å². The quantitative estimate of drug-likeness (QED) is 0.436. The number of halogens is 1. The Morgan fingerprint density at radius 3 is 2.71 bits per heavy atom. The predicted octanol–water partition coefficient (Wildman–Crippen LogP) is 3.75. The molecule has 0 saturated carbocycles. The standard InChI is InChI=1S/C20H19ClN4O5S/c1-12(26)25(22-11-14-4-2-3-5-15(14)21)8-9-30-20(29)24-19-23-16-7-6-13(18(27)28)10-17(16)31-19/h2-7,10,22H,8-9,11H2,1H3,(H,27,28)(H,23,24,29). The van der Waals surface area contributed by atoms with Crippen molar-refractivity contribution in [3.8, 4) is 0 Å². The normalized spacial score (nSPS) is 10.6. The first kappa shape index (κ1) is 22.5. The number of carbonyl (C=O) groups is 3. The summed E-state index contributed by atoms with van der Waals surface area (Å²) in [6.45, 7) is 1.83. The number of thiazole rings is 1. The fourth-order valence-corrected chi connectivity index (χ4v) is 3.73. The number of rotatable bonds is 8. The number of hydrogen-bond acceptors (Lipinski definition) is 7. The highest BCUT2D eigenvalue weighted by Crippen LogP contribution is 2.27. The van der Waals surface area contributed by atoms with Crippen LogP contribution in [0.5, 0.6) is 0 Å². The summed E-state index contributed by atoms with van der Waals surface area (Å²) in [5, 5.41) is 13.8. The maximum atomic E-state index is 12.0. The van der Waals surface area contributed by atoms with Crippen LogP contribution < -0.4 is 10.7 Å². The number of benzene rings is 2. The molecule has 0 fully saturated rings. The largest absolute Gasteiger partial charge is 0.478 e. The number of ether oxygens (including phenoxy) is 1. The third-order valence-electron chi connectivity index (χ3n) is 4.19. The molecule has 0 bridgehead atoms. The van der Waals surface area contributed by atoms with Crippen molar-refractivity contribution in [2.24, 2.45) is 0 Å². The Labute approximate surface area is 186 Å². The van der Waals surface area contributed by atoms with Gasteiger partial charge in [-0.3, -0.25) is 15.1 Å². The minimum absolute atomic E-state index is 0.0466. The van der Waals surface area contributed by atoms with Crippen LogP contribution in [0.2, 0.25) is 5.02 Å². The highest BCUT2D eigenvalue weighted by Gasteiger charge is 2.13. The van der Waals surface area contributed by atoms with Crippen molar-refractivity contribution >= 4 is 56.3 Å². The van der Waals surface area contributed by atoms with Gasteiger partial charge in [0.2, 0.25) is 5.91 Å². The summed E-state index contributed by atoms with van der Waals surface area (Å²) in [4.78, 5) is 39.1. The minimum Gasteiger partial charge on any atom is -0.478 e. The van der Waals surface area contributed by atoms with E-state index < -0.39 is 12.1 Å². The Morgan fingerprint density at radius 1 is 1.23 bits per heavy atom. The number of hydrazine groups is 1. The molecular formula is C20H19ClN4O5S. The first-order valence-electron chi connectivity index (χ1n) is 9.16. The Bertz CT molecular complexity index is 1120. The van der Waals surface area contributed by atoms with E-state index in [0.717, 1.165) is 16.9 Å². The van der Waals surface area contributed by atoms with Crippen LogP contribution in [0.15, 0.2) is 42.5 Å². The van der Waals surface area contributed by atoms with Crippen LogP contribution in [0.4, 0.5) is 9.93 Å². The highest BCUT2D eigenvalue weighted by molar-refractivity contribution is 7.22. The lowest BCUT2D eigenvalue weighted by molar-refractivity contribution is -0.132. The number of fused-ring (bicyclic) bond motifs is 1. The Morgan fingerprint density at radius 2 is 2.00 bits per heavy atom. The zero-order chi connectivity index (χ0) is 22.4. The van der Waals surface area contributed by atoms with Gasteiger partial charge in [0.15, 0.2) is 5.13 Å². The fourth-order valence-electron chi connectivity index (χ4n) is 2.63. The molecule has 0 atom stereocenters. The predicted molar refractivity (Wildman–Crippen MR) is 117 cm³/mol. The van der Waals surface area contributed by atoms with Gasteiger partial charge in [-0.15, -0.1) is 0 Å². The summed E-state index contributed by atoms with van der Waals surface area (Å²) in [7, 11) is 0. The van der Waals surface area contributed by atoms with Crippen molar-refractivity contribution in [2.45, 2.75) is 13.5 Å². The number of carboxylic acid groups (broad SMARTS) is 1. The van der Waals surface area contributed by atoms with E-state index in [4.69, 9.17) is 21.4 Å². The molecule has 0 unspecified atom stereocenters. The van der Waals surface area contributed by atoms with E-state index in [1.54, 1.807) is 12.1 Å². The lowest BCUT2D eigenvalue weighted by Crippen LogP contribution is -2.43. The van der Waals surface area contributed by atoms with Crippen LogP contribution in [0.25, 0.3) is 10.2 Å². The SMILES string of the molecule is CC(=O)N(CCOC(=O)Nc1nc2ccc(C(=O)O)cc2s1)NCc1ccccc1Cl. The van der Waals surface area contributed by atoms with E-state index in [-0.39, 0.29) is 29.8 Å². The summed E-state index contributed by atoms with van der Waals surface area (Å²) >= 11 is 7.24. The Hall–Kier alpha value is -3.21. The first-order valence-corrected chi connectivity index (χ1v) is 10.4. The zero-order valence-corrected chi connectivity index (χ0v) is 18.0. The lowest BCUT2D eigenvalue weighted by Gasteiger charge is -2.22. The van der Waals surface area contributed by atoms with Gasteiger partial charge >= 0.3 is 12.1 Å². The highest BCUT2D eigenvalue weighted by atomic mass is 35.5. The van der Waals surface area contributed by atoms with Crippen molar-refractivity contribution in [1.82, 2.24) is 15.4 Å². The molecule has 2 aromatic carbocycles. The summed E-state index contributed by atoms with van der Waals surface area (Å²) in [5.74, 6) is -1.28. The third kappa shape index (κ3) is 6.14. The summed E-state index contributed by atoms with van der Waals surface area (Å²) in [5.41, 5.74) is 4.50. The maximum Gasteiger partial charge on any atom is 0.413 e. The number of nitrogens with one attached hydrogen (secondary N) is 2. The monoisotopic (exact) mass is 462 g/mol. The molecule has 0 aliphatic rings. The van der Waals surface area contributed by atoms with Gasteiger partial charge in [-0.25, -0.2) is 20.0 Å². The van der Waals surface area contributed by atoms with E-state index in [9.17, 15) is 14.4 Å². The number of anilines is 1. The molecule has 0 aliphatic carbocycles. The number of carboxylic acids is 1. The van der Waals surface area contributed by atoms with Crippen LogP contribution in [0.1, 0.15) is 22.8 Å². The van der Waals surface area contributed by atoms with Crippen molar-refractivity contribution in [1.29, 1.82) is 0 Å². The summed E-state index contributed by atoms with van der Waals surface area (Å²) < 4.78 is 5.75. The van der Waals surface area contributed by atoms with Crippen LogP contribution in [0.3, 0.4) is 0 Å². The van der Waals surface area contributed by atoms with Crippen molar-refractivity contribution in [3.63, 3.8) is 0 Å². The number of aromatic carboxylic acids is 1. The second-order valence-corrected chi connectivity index (χ2v) is 7.80. The van der Waals surface area contributed by atoms with Gasteiger partial charge in [0.1, 0.15) is 6.61 Å². The topological polar surface area (TPSA) is 121 Å². The molecule has 9 nitrogen and oxygen atoms in total. The summed E-state index contributed by atoms with van der Waals surface area (Å²) in [6.07, 6.45) is -0.730. The molecular weight excluding hydrogens is 444 g/mol. The van der Waals surface area contributed by atoms with Crippen LogP contribution >= 0.6 is 22.9 Å². The minimum atomic E-state index is -1.04. The average Bonchev–Trinajstić information content (AvgIpc) is 3.12. The Balaban J connectivity index is 1.50. The van der Waals surface area contributed by atoms with Gasteiger partial charge in [-0.05, 0) is 29.8 Å². The molecule has 162 valence electrons. The molecule has 2 amide bonds. The van der Waals surface area contributed by atoms with Crippen LogP contribution in [0, 0.1) is 0 Å². The number of carbonyl (C=O) groups excluding carboxylic acids is 2. The van der Waals surface area contributed by atoms with Gasteiger partial charge in [0.05, 0.1) is 22.3 Å². The molecule has 11 heteroatoms. The van der Waals surface area contributed by atoms with Gasteiger partial charge in [0.25, 0.3) is 0 Å². The molecule has 1 aromatic heterocycles. The maximum absolute atomic E-state index is 12.0. The van der Waals surface area contributed by atoms with E-state index in [1.807, 2.05) is 18.2 Å².